The van der Waals surface area contributed by atoms with Crippen molar-refractivity contribution in [3.8, 4) is 0 Å². The molecular formula is C15H18F3N3O. The van der Waals surface area contributed by atoms with Crippen LogP contribution in [0.15, 0.2) is 28.7 Å². The molecule has 0 fully saturated rings. The molecule has 1 aromatic carbocycles. The third kappa shape index (κ3) is 3.85. The highest BCUT2D eigenvalue weighted by Gasteiger charge is 2.34. The molecule has 0 aliphatic rings. The molecule has 0 aliphatic carbocycles. The molecule has 0 aliphatic heterocycles. The van der Waals surface area contributed by atoms with Crippen LogP contribution in [0.1, 0.15) is 55.6 Å². The molecule has 0 saturated heterocycles. The van der Waals surface area contributed by atoms with Crippen LogP contribution in [0, 0.1) is 0 Å². The van der Waals surface area contributed by atoms with E-state index in [1.807, 2.05) is 13.8 Å². The lowest BCUT2D eigenvalue weighted by atomic mass is 10.0. The number of alkyl halides is 3. The zero-order valence-electron chi connectivity index (χ0n) is 12.6. The molecule has 120 valence electrons. The van der Waals surface area contributed by atoms with Crippen molar-refractivity contribution in [3.05, 3.63) is 47.2 Å². The Morgan fingerprint density at radius 1 is 1.14 bits per heavy atom. The lowest BCUT2D eigenvalue weighted by molar-refractivity contribution is -0.138. The molecule has 1 aromatic heterocycles. The first kappa shape index (κ1) is 16.5. The van der Waals surface area contributed by atoms with Crippen molar-refractivity contribution in [2.45, 2.75) is 45.5 Å². The molecule has 1 heterocycles. The largest absolute Gasteiger partial charge is 0.424 e. The van der Waals surface area contributed by atoms with Crippen LogP contribution in [0.5, 0.6) is 0 Å². The number of rotatable bonds is 5. The second kappa shape index (κ2) is 6.48. The summed E-state index contributed by atoms with van der Waals surface area (Å²) in [7, 11) is 0. The molecule has 2 aromatic rings. The number of aromatic nitrogens is 2. The molecule has 0 spiro atoms. The Bertz CT molecular complexity index is 622. The molecule has 4 nitrogen and oxygen atoms in total. The summed E-state index contributed by atoms with van der Waals surface area (Å²) >= 11 is 0. The van der Waals surface area contributed by atoms with E-state index in [0.29, 0.717) is 11.8 Å². The van der Waals surface area contributed by atoms with E-state index < -0.39 is 17.8 Å². The van der Waals surface area contributed by atoms with Crippen molar-refractivity contribution in [2.24, 2.45) is 0 Å². The number of nitrogens with one attached hydrogen (secondary N) is 1. The van der Waals surface area contributed by atoms with Gasteiger partial charge in [0.1, 0.15) is 0 Å². The molecule has 1 N–H and O–H groups in total. The maximum atomic E-state index is 13.0. The van der Waals surface area contributed by atoms with E-state index in [-0.39, 0.29) is 18.0 Å². The smallest absolute Gasteiger partial charge is 0.416 e. The van der Waals surface area contributed by atoms with Gasteiger partial charge in [0.2, 0.25) is 11.8 Å². The van der Waals surface area contributed by atoms with E-state index in [9.17, 15) is 13.2 Å². The van der Waals surface area contributed by atoms with Gasteiger partial charge in [-0.25, -0.2) is 0 Å². The Hall–Kier alpha value is -1.89. The Morgan fingerprint density at radius 3 is 2.41 bits per heavy atom. The predicted molar refractivity (Wildman–Crippen MR) is 75.1 cm³/mol. The first-order chi connectivity index (χ1) is 10.3. The number of hydrogen-bond acceptors (Lipinski definition) is 4. The van der Waals surface area contributed by atoms with E-state index >= 15 is 0 Å². The summed E-state index contributed by atoms with van der Waals surface area (Å²) in [5, 5.41) is 10.7. The summed E-state index contributed by atoms with van der Waals surface area (Å²) < 4.78 is 44.4. The molecule has 0 unspecified atom stereocenters. The Labute approximate surface area is 126 Å². The minimum Gasteiger partial charge on any atom is -0.424 e. The zero-order chi connectivity index (χ0) is 16.3. The van der Waals surface area contributed by atoms with Crippen LogP contribution in [-0.4, -0.2) is 10.2 Å². The van der Waals surface area contributed by atoms with Gasteiger partial charge in [0.15, 0.2) is 0 Å². The standard InChI is InChI=1S/C15H18F3N3O/c1-9(2)14-21-20-13(22-14)8-19-10(3)11-6-4-5-7-12(11)15(16,17)18/h4-7,9-10,19H,8H2,1-3H3/t10-/m0/s1. The third-order valence-electron chi connectivity index (χ3n) is 3.27. The number of hydrogen-bond donors (Lipinski definition) is 1. The highest BCUT2D eigenvalue weighted by Crippen LogP contribution is 2.34. The molecule has 7 heteroatoms. The Balaban J connectivity index is 2.08. The van der Waals surface area contributed by atoms with Gasteiger partial charge in [0.25, 0.3) is 0 Å². The van der Waals surface area contributed by atoms with Gasteiger partial charge in [-0.1, -0.05) is 32.0 Å². The van der Waals surface area contributed by atoms with Gasteiger partial charge in [-0.3, -0.25) is 0 Å². The van der Waals surface area contributed by atoms with Gasteiger partial charge in [-0.2, -0.15) is 13.2 Å². The van der Waals surface area contributed by atoms with Gasteiger partial charge in [0, 0.05) is 12.0 Å². The van der Waals surface area contributed by atoms with Crippen molar-refractivity contribution in [1.82, 2.24) is 15.5 Å². The van der Waals surface area contributed by atoms with E-state index in [2.05, 4.69) is 15.5 Å². The fourth-order valence-corrected chi connectivity index (χ4v) is 2.05. The predicted octanol–water partition coefficient (Wildman–Crippen LogP) is 4.06. The summed E-state index contributed by atoms with van der Waals surface area (Å²) in [5.74, 6) is 0.991. The van der Waals surface area contributed by atoms with E-state index in [1.54, 1.807) is 13.0 Å². The molecule has 0 saturated carbocycles. The Morgan fingerprint density at radius 2 is 1.82 bits per heavy atom. The lowest BCUT2D eigenvalue weighted by Crippen LogP contribution is -2.21. The zero-order valence-corrected chi connectivity index (χ0v) is 12.6. The van der Waals surface area contributed by atoms with E-state index in [1.165, 1.54) is 12.1 Å². The third-order valence-corrected chi connectivity index (χ3v) is 3.27. The van der Waals surface area contributed by atoms with Crippen molar-refractivity contribution < 1.29 is 17.6 Å². The number of benzene rings is 1. The van der Waals surface area contributed by atoms with Gasteiger partial charge in [0.05, 0.1) is 12.1 Å². The Kier molecular flexibility index (Phi) is 4.85. The van der Waals surface area contributed by atoms with Crippen LogP contribution in [0.4, 0.5) is 13.2 Å². The number of nitrogens with zero attached hydrogens (tertiary/aromatic N) is 2. The van der Waals surface area contributed by atoms with Crippen LogP contribution in [0.3, 0.4) is 0 Å². The monoisotopic (exact) mass is 313 g/mol. The van der Waals surface area contributed by atoms with Crippen molar-refractivity contribution in [1.29, 1.82) is 0 Å². The maximum Gasteiger partial charge on any atom is 0.416 e. The second-order valence-electron chi connectivity index (χ2n) is 5.38. The normalized spacial score (nSPS) is 13.6. The highest BCUT2D eigenvalue weighted by atomic mass is 19.4. The van der Waals surface area contributed by atoms with E-state index in [4.69, 9.17) is 4.42 Å². The molecule has 1 atom stereocenters. The van der Waals surface area contributed by atoms with Crippen molar-refractivity contribution in [3.63, 3.8) is 0 Å². The lowest BCUT2D eigenvalue weighted by Gasteiger charge is -2.18. The van der Waals surface area contributed by atoms with Crippen molar-refractivity contribution >= 4 is 0 Å². The van der Waals surface area contributed by atoms with Gasteiger partial charge >= 0.3 is 6.18 Å². The summed E-state index contributed by atoms with van der Waals surface area (Å²) in [5.41, 5.74) is -0.443. The second-order valence-corrected chi connectivity index (χ2v) is 5.38. The molecule has 2 rings (SSSR count). The van der Waals surface area contributed by atoms with Crippen LogP contribution < -0.4 is 5.32 Å². The summed E-state index contributed by atoms with van der Waals surface area (Å²) in [6.45, 7) is 5.73. The minimum absolute atomic E-state index is 0.115. The van der Waals surface area contributed by atoms with Gasteiger partial charge < -0.3 is 9.73 Å². The quantitative estimate of drug-likeness (QED) is 0.904. The molecule has 0 bridgehead atoms. The van der Waals surface area contributed by atoms with Gasteiger partial charge in [-0.05, 0) is 18.6 Å². The fourth-order valence-electron chi connectivity index (χ4n) is 2.05. The van der Waals surface area contributed by atoms with Crippen LogP contribution >= 0.6 is 0 Å². The minimum atomic E-state index is -4.37. The number of halogens is 3. The van der Waals surface area contributed by atoms with Crippen LogP contribution in [-0.2, 0) is 12.7 Å². The van der Waals surface area contributed by atoms with Gasteiger partial charge in [-0.15, -0.1) is 10.2 Å². The maximum absolute atomic E-state index is 13.0. The average Bonchev–Trinajstić information content (AvgIpc) is 2.93. The first-order valence-corrected chi connectivity index (χ1v) is 7.00. The average molecular weight is 313 g/mol. The SMILES string of the molecule is CC(C)c1nnc(CN[C@@H](C)c2ccccc2C(F)(F)F)o1. The van der Waals surface area contributed by atoms with Crippen LogP contribution in [0.2, 0.25) is 0 Å². The van der Waals surface area contributed by atoms with E-state index in [0.717, 1.165) is 6.07 Å². The fraction of sp³-hybridized carbons (Fsp3) is 0.467. The molecule has 0 amide bonds. The first-order valence-electron chi connectivity index (χ1n) is 7.00. The summed E-state index contributed by atoms with van der Waals surface area (Å²) in [6.07, 6.45) is -4.37. The molecular weight excluding hydrogens is 295 g/mol. The van der Waals surface area contributed by atoms with Crippen LogP contribution in [0.25, 0.3) is 0 Å². The summed E-state index contributed by atoms with van der Waals surface area (Å²) in [4.78, 5) is 0. The topological polar surface area (TPSA) is 51.0 Å². The van der Waals surface area contributed by atoms with Crippen molar-refractivity contribution in [2.75, 3.05) is 0 Å². The molecule has 0 radical (unpaired) electrons. The summed E-state index contributed by atoms with van der Waals surface area (Å²) in [6, 6.07) is 5.02. The molecule has 22 heavy (non-hydrogen) atoms. The highest BCUT2D eigenvalue weighted by molar-refractivity contribution is 5.32.